The first-order chi connectivity index (χ1) is 8.05. The van der Waals surface area contributed by atoms with Crippen LogP contribution < -0.4 is 5.32 Å². The fourth-order valence-corrected chi connectivity index (χ4v) is 1.94. The highest BCUT2D eigenvalue weighted by atomic mass is 79.9. The van der Waals surface area contributed by atoms with E-state index in [0.29, 0.717) is 13.2 Å². The summed E-state index contributed by atoms with van der Waals surface area (Å²) in [7, 11) is 0. The smallest absolute Gasteiger partial charge is 0.162 e. The molecule has 2 rings (SSSR count). The van der Waals surface area contributed by atoms with Gasteiger partial charge in [0.2, 0.25) is 0 Å². The van der Waals surface area contributed by atoms with Crippen LogP contribution in [0.4, 0.5) is 0 Å². The Morgan fingerprint density at radius 3 is 2.41 bits per heavy atom. The Bertz CT molecular complexity index is 354. The van der Waals surface area contributed by atoms with Gasteiger partial charge >= 0.3 is 0 Å². The maximum atomic E-state index is 5.59. The van der Waals surface area contributed by atoms with Crippen LogP contribution in [0.1, 0.15) is 19.4 Å². The van der Waals surface area contributed by atoms with Crippen LogP contribution >= 0.6 is 15.9 Å². The number of hydrogen-bond acceptors (Lipinski definition) is 3. The Labute approximate surface area is 111 Å². The van der Waals surface area contributed by atoms with Crippen LogP contribution in [-0.4, -0.2) is 25.0 Å². The Balaban J connectivity index is 1.78. The molecule has 1 fully saturated rings. The second kappa shape index (κ2) is 5.48. The van der Waals surface area contributed by atoms with Gasteiger partial charge in [-0.3, -0.25) is 0 Å². The van der Waals surface area contributed by atoms with Crippen molar-refractivity contribution < 1.29 is 9.47 Å². The number of ether oxygens (including phenoxy) is 2. The van der Waals surface area contributed by atoms with Gasteiger partial charge in [0.1, 0.15) is 0 Å². The van der Waals surface area contributed by atoms with E-state index in [2.05, 4.69) is 33.4 Å². The van der Waals surface area contributed by atoms with Crippen LogP contribution in [0.15, 0.2) is 28.7 Å². The highest BCUT2D eigenvalue weighted by Crippen LogP contribution is 2.17. The maximum absolute atomic E-state index is 5.59. The summed E-state index contributed by atoms with van der Waals surface area (Å²) in [4.78, 5) is 0. The summed E-state index contributed by atoms with van der Waals surface area (Å²) in [5.41, 5.74) is 1.26. The Morgan fingerprint density at radius 1 is 1.24 bits per heavy atom. The van der Waals surface area contributed by atoms with Gasteiger partial charge in [0.25, 0.3) is 0 Å². The minimum Gasteiger partial charge on any atom is -0.349 e. The van der Waals surface area contributed by atoms with E-state index in [1.54, 1.807) is 0 Å². The molecule has 3 nitrogen and oxygen atoms in total. The molecule has 0 amide bonds. The van der Waals surface area contributed by atoms with Crippen LogP contribution in [0.2, 0.25) is 0 Å². The highest BCUT2D eigenvalue weighted by molar-refractivity contribution is 9.10. The largest absolute Gasteiger partial charge is 0.349 e. The summed E-state index contributed by atoms with van der Waals surface area (Å²) >= 11 is 3.43. The third-order valence-electron chi connectivity index (χ3n) is 2.77. The van der Waals surface area contributed by atoms with Gasteiger partial charge < -0.3 is 14.8 Å². The Hall–Kier alpha value is -0.420. The first-order valence-corrected chi connectivity index (χ1v) is 6.60. The third kappa shape index (κ3) is 4.07. The molecule has 0 saturated carbocycles. The van der Waals surface area contributed by atoms with Crippen molar-refractivity contribution in [1.29, 1.82) is 0 Å². The van der Waals surface area contributed by atoms with E-state index >= 15 is 0 Å². The lowest BCUT2D eigenvalue weighted by Crippen LogP contribution is -2.48. The lowest BCUT2D eigenvalue weighted by atomic mass is 10.2. The van der Waals surface area contributed by atoms with Crippen LogP contribution in [0, 0.1) is 0 Å². The lowest BCUT2D eigenvalue weighted by Gasteiger charge is -2.35. The molecular formula is C13H18BrNO2. The normalized spacial score (nSPS) is 20.4. The van der Waals surface area contributed by atoms with Crippen LogP contribution in [0.3, 0.4) is 0 Å². The molecule has 1 heterocycles. The monoisotopic (exact) mass is 299 g/mol. The molecule has 17 heavy (non-hydrogen) atoms. The zero-order chi connectivity index (χ0) is 12.3. The van der Waals surface area contributed by atoms with Crippen molar-refractivity contribution in [3.63, 3.8) is 0 Å². The first-order valence-electron chi connectivity index (χ1n) is 5.81. The highest BCUT2D eigenvalue weighted by Gasteiger charge is 2.27. The van der Waals surface area contributed by atoms with Gasteiger partial charge in [-0.2, -0.15) is 0 Å². The fraction of sp³-hybridized carbons (Fsp3) is 0.538. The van der Waals surface area contributed by atoms with Crippen molar-refractivity contribution in [1.82, 2.24) is 5.32 Å². The van der Waals surface area contributed by atoms with E-state index in [9.17, 15) is 0 Å². The molecule has 0 aliphatic carbocycles. The maximum Gasteiger partial charge on any atom is 0.162 e. The topological polar surface area (TPSA) is 30.5 Å². The van der Waals surface area contributed by atoms with Crippen molar-refractivity contribution in [3.05, 3.63) is 34.3 Å². The number of benzene rings is 1. The summed E-state index contributed by atoms with van der Waals surface area (Å²) in [6.07, 6.45) is 0. The van der Waals surface area contributed by atoms with Gasteiger partial charge in [0.05, 0.1) is 19.3 Å². The molecule has 4 heteroatoms. The van der Waals surface area contributed by atoms with E-state index in [-0.39, 0.29) is 6.04 Å². The zero-order valence-electron chi connectivity index (χ0n) is 10.2. The van der Waals surface area contributed by atoms with Gasteiger partial charge in [0, 0.05) is 11.0 Å². The summed E-state index contributed by atoms with van der Waals surface area (Å²) in [5, 5.41) is 3.43. The Kier molecular flexibility index (Phi) is 4.20. The van der Waals surface area contributed by atoms with E-state index < -0.39 is 5.79 Å². The minimum atomic E-state index is -0.435. The molecule has 1 aromatic carbocycles. The van der Waals surface area contributed by atoms with Gasteiger partial charge in [-0.25, -0.2) is 0 Å². The van der Waals surface area contributed by atoms with E-state index in [1.807, 2.05) is 26.0 Å². The summed E-state index contributed by atoms with van der Waals surface area (Å²) in [6.45, 7) is 6.12. The average molecular weight is 300 g/mol. The first kappa shape index (κ1) is 13.0. The standard InChI is InChI=1S/C13H18BrNO2/c1-13(2)16-8-12(9-17-13)15-7-10-3-5-11(14)6-4-10/h3-6,12,15H,7-9H2,1-2H3. The molecule has 1 saturated heterocycles. The third-order valence-corrected chi connectivity index (χ3v) is 3.30. The van der Waals surface area contributed by atoms with E-state index in [4.69, 9.17) is 9.47 Å². The molecule has 0 atom stereocenters. The quantitative estimate of drug-likeness (QED) is 0.931. The predicted molar refractivity (Wildman–Crippen MR) is 70.8 cm³/mol. The molecular weight excluding hydrogens is 282 g/mol. The molecule has 0 radical (unpaired) electrons. The molecule has 0 aromatic heterocycles. The van der Waals surface area contributed by atoms with Gasteiger partial charge in [-0.05, 0) is 31.5 Å². The van der Waals surface area contributed by atoms with Crippen molar-refractivity contribution in [2.24, 2.45) is 0 Å². The number of hydrogen-bond donors (Lipinski definition) is 1. The summed E-state index contributed by atoms with van der Waals surface area (Å²) in [5.74, 6) is -0.435. The number of rotatable bonds is 3. The molecule has 0 bridgehead atoms. The number of halogens is 1. The summed E-state index contributed by atoms with van der Waals surface area (Å²) in [6, 6.07) is 8.57. The van der Waals surface area contributed by atoms with Gasteiger partial charge in [0.15, 0.2) is 5.79 Å². The minimum absolute atomic E-state index is 0.270. The zero-order valence-corrected chi connectivity index (χ0v) is 11.8. The van der Waals surface area contributed by atoms with Crippen LogP contribution in [0.5, 0.6) is 0 Å². The molecule has 0 unspecified atom stereocenters. The number of nitrogens with one attached hydrogen (secondary N) is 1. The van der Waals surface area contributed by atoms with Crippen molar-refractivity contribution in [2.75, 3.05) is 13.2 Å². The second-order valence-corrected chi connectivity index (χ2v) is 5.64. The molecule has 94 valence electrons. The molecule has 1 aliphatic heterocycles. The SMILES string of the molecule is CC1(C)OCC(NCc2ccc(Br)cc2)CO1. The van der Waals surface area contributed by atoms with Crippen molar-refractivity contribution in [2.45, 2.75) is 32.2 Å². The molecule has 1 aliphatic rings. The van der Waals surface area contributed by atoms with Gasteiger partial charge in [-0.1, -0.05) is 28.1 Å². The van der Waals surface area contributed by atoms with Crippen molar-refractivity contribution in [3.8, 4) is 0 Å². The average Bonchev–Trinajstić information content (AvgIpc) is 2.30. The Morgan fingerprint density at radius 2 is 1.82 bits per heavy atom. The van der Waals surface area contributed by atoms with Crippen LogP contribution in [0.25, 0.3) is 0 Å². The molecule has 1 aromatic rings. The molecule has 1 N–H and O–H groups in total. The van der Waals surface area contributed by atoms with E-state index in [1.165, 1.54) is 5.56 Å². The predicted octanol–water partition coefficient (Wildman–Crippen LogP) is 2.69. The summed E-state index contributed by atoms with van der Waals surface area (Å²) < 4.78 is 12.3. The lowest BCUT2D eigenvalue weighted by molar-refractivity contribution is -0.253. The van der Waals surface area contributed by atoms with E-state index in [0.717, 1.165) is 11.0 Å². The second-order valence-electron chi connectivity index (χ2n) is 4.73. The molecule has 0 spiro atoms. The van der Waals surface area contributed by atoms with Crippen molar-refractivity contribution >= 4 is 15.9 Å². The van der Waals surface area contributed by atoms with Gasteiger partial charge in [-0.15, -0.1) is 0 Å². The fourth-order valence-electron chi connectivity index (χ4n) is 1.67. The van der Waals surface area contributed by atoms with Crippen LogP contribution in [-0.2, 0) is 16.0 Å².